The topological polar surface area (TPSA) is 103 Å². The molecule has 0 saturated heterocycles. The summed E-state index contributed by atoms with van der Waals surface area (Å²) in [5.41, 5.74) is 5.24. The average molecular weight is 251 g/mol. The van der Waals surface area contributed by atoms with E-state index < -0.39 is 7.12 Å². The molecule has 0 heterocycles. The van der Waals surface area contributed by atoms with Gasteiger partial charge in [-0.2, -0.15) is 0 Å². The maximum Gasteiger partial charge on any atom is 0.479 e. The first-order chi connectivity index (χ1) is 8.27. The van der Waals surface area contributed by atoms with Crippen LogP contribution in [-0.2, 0) is 18.9 Å². The van der Waals surface area contributed by atoms with Crippen LogP contribution in [0.5, 0.6) is 0 Å². The van der Waals surface area contributed by atoms with Crippen LogP contribution >= 0.6 is 0 Å². The first kappa shape index (κ1) is 16.8. The summed E-state index contributed by atoms with van der Waals surface area (Å²) in [6.45, 7) is 3.73. The van der Waals surface area contributed by atoms with E-state index in [0.29, 0.717) is 52.8 Å². The van der Waals surface area contributed by atoms with Gasteiger partial charge in [0.25, 0.3) is 0 Å². The highest BCUT2D eigenvalue weighted by atomic mass is 16.6. The van der Waals surface area contributed by atoms with E-state index in [9.17, 15) is 0 Å². The van der Waals surface area contributed by atoms with Crippen molar-refractivity contribution in [2.75, 3.05) is 59.3 Å². The van der Waals surface area contributed by atoms with Crippen LogP contribution in [0.25, 0.3) is 0 Å². The van der Waals surface area contributed by atoms with Gasteiger partial charge in [-0.3, -0.25) is 0 Å². The van der Waals surface area contributed by atoms with Crippen LogP contribution in [0.4, 0.5) is 0 Å². The lowest BCUT2D eigenvalue weighted by molar-refractivity contribution is 0.00178. The van der Waals surface area contributed by atoms with E-state index in [1.54, 1.807) is 0 Å². The predicted octanol–water partition coefficient (Wildman–Crippen LogP) is -1.98. The highest BCUT2D eigenvalue weighted by Crippen LogP contribution is 1.82. The van der Waals surface area contributed by atoms with E-state index in [-0.39, 0.29) is 6.51 Å². The van der Waals surface area contributed by atoms with Gasteiger partial charge in [0.1, 0.15) is 0 Å². The third-order valence-electron chi connectivity index (χ3n) is 1.65. The highest BCUT2D eigenvalue weighted by Gasteiger charge is 2.04. The molecule has 0 rings (SSSR count). The lowest BCUT2D eigenvalue weighted by Gasteiger charge is -2.06. The SMILES string of the molecule is NCCOCCOCCOCCOCB(O)O. The molecule has 8 heteroatoms. The fraction of sp³-hybridized carbons (Fsp3) is 1.00. The van der Waals surface area contributed by atoms with E-state index in [0.717, 1.165) is 0 Å². The standard InChI is InChI=1S/C9H22BNO6/c11-1-2-14-3-4-15-5-6-16-7-8-17-9-10(12)13/h12-13H,1-9,11H2. The monoisotopic (exact) mass is 251 g/mol. The van der Waals surface area contributed by atoms with Gasteiger partial charge in [0.15, 0.2) is 0 Å². The second-order valence-corrected chi connectivity index (χ2v) is 3.18. The molecule has 17 heavy (non-hydrogen) atoms. The van der Waals surface area contributed by atoms with Crippen LogP contribution in [0, 0.1) is 0 Å². The van der Waals surface area contributed by atoms with Gasteiger partial charge >= 0.3 is 7.12 Å². The first-order valence-electron chi connectivity index (χ1n) is 5.64. The molecule has 0 saturated carbocycles. The van der Waals surface area contributed by atoms with Gasteiger partial charge < -0.3 is 34.7 Å². The van der Waals surface area contributed by atoms with Gasteiger partial charge in [0.2, 0.25) is 0 Å². The van der Waals surface area contributed by atoms with E-state index in [1.807, 2.05) is 0 Å². The van der Waals surface area contributed by atoms with E-state index >= 15 is 0 Å². The molecule has 102 valence electrons. The Morgan fingerprint density at radius 2 is 1.12 bits per heavy atom. The number of ether oxygens (including phenoxy) is 4. The predicted molar refractivity (Wildman–Crippen MR) is 62.5 cm³/mol. The number of hydrogen-bond donors (Lipinski definition) is 3. The van der Waals surface area contributed by atoms with Gasteiger partial charge in [-0.1, -0.05) is 0 Å². The molecule has 0 aromatic carbocycles. The lowest BCUT2D eigenvalue weighted by atomic mass is 9.95. The fourth-order valence-electron chi connectivity index (χ4n) is 0.932. The van der Waals surface area contributed by atoms with E-state index in [4.69, 9.17) is 34.7 Å². The molecule has 0 aromatic rings. The Morgan fingerprint density at radius 1 is 0.706 bits per heavy atom. The zero-order valence-corrected chi connectivity index (χ0v) is 10.0. The molecule has 0 fully saturated rings. The van der Waals surface area contributed by atoms with Gasteiger partial charge in [0, 0.05) is 6.54 Å². The Labute approximate surface area is 102 Å². The van der Waals surface area contributed by atoms with Gasteiger partial charge in [0.05, 0.1) is 52.8 Å². The molecular formula is C9H22BNO6. The van der Waals surface area contributed by atoms with Crippen molar-refractivity contribution in [3.63, 3.8) is 0 Å². The largest absolute Gasteiger partial charge is 0.479 e. The zero-order chi connectivity index (χ0) is 12.8. The Morgan fingerprint density at radius 3 is 1.53 bits per heavy atom. The second kappa shape index (κ2) is 13.8. The molecule has 0 aromatic heterocycles. The quantitative estimate of drug-likeness (QED) is 0.257. The average Bonchev–Trinajstić information content (AvgIpc) is 2.30. The molecule has 7 nitrogen and oxygen atoms in total. The maximum atomic E-state index is 8.46. The molecule has 0 unspecified atom stereocenters. The molecule has 0 spiro atoms. The van der Waals surface area contributed by atoms with Crippen LogP contribution in [-0.4, -0.2) is 76.5 Å². The van der Waals surface area contributed by atoms with Crippen molar-refractivity contribution in [3.05, 3.63) is 0 Å². The Balaban J connectivity index is 2.89. The highest BCUT2D eigenvalue weighted by molar-refractivity contribution is 6.40. The summed E-state index contributed by atoms with van der Waals surface area (Å²) in [4.78, 5) is 0. The van der Waals surface area contributed by atoms with Crippen LogP contribution < -0.4 is 5.73 Å². The number of nitrogens with two attached hydrogens (primary N) is 1. The summed E-state index contributed by atoms with van der Waals surface area (Å²) in [7, 11) is -1.42. The smallest absolute Gasteiger partial charge is 0.426 e. The molecule has 0 aliphatic rings. The molecule has 0 aliphatic carbocycles. The molecule has 0 bridgehead atoms. The van der Waals surface area contributed by atoms with Crippen LogP contribution in [0.1, 0.15) is 0 Å². The van der Waals surface area contributed by atoms with Crippen molar-refractivity contribution in [3.8, 4) is 0 Å². The van der Waals surface area contributed by atoms with Gasteiger partial charge in [-0.25, -0.2) is 0 Å². The van der Waals surface area contributed by atoms with Crippen molar-refractivity contribution >= 4 is 7.12 Å². The number of rotatable bonds is 13. The van der Waals surface area contributed by atoms with Crippen molar-refractivity contribution in [1.29, 1.82) is 0 Å². The summed E-state index contributed by atoms with van der Waals surface area (Å²) in [5.74, 6) is 0. The van der Waals surface area contributed by atoms with Gasteiger partial charge in [-0.15, -0.1) is 0 Å². The van der Waals surface area contributed by atoms with Crippen molar-refractivity contribution in [1.82, 2.24) is 0 Å². The summed E-state index contributed by atoms with van der Waals surface area (Å²) in [5, 5.41) is 16.9. The minimum absolute atomic E-state index is 0.0989. The first-order valence-corrected chi connectivity index (χ1v) is 5.64. The Hall–Kier alpha value is -0.215. The fourth-order valence-corrected chi connectivity index (χ4v) is 0.932. The maximum absolute atomic E-state index is 8.46. The molecule has 0 radical (unpaired) electrons. The summed E-state index contributed by atoms with van der Waals surface area (Å²) >= 11 is 0. The second-order valence-electron chi connectivity index (χ2n) is 3.18. The van der Waals surface area contributed by atoms with E-state index in [2.05, 4.69) is 0 Å². The minimum atomic E-state index is -1.42. The van der Waals surface area contributed by atoms with Crippen molar-refractivity contribution in [2.24, 2.45) is 5.73 Å². The summed E-state index contributed by atoms with van der Waals surface area (Å²) in [6, 6.07) is 0. The zero-order valence-electron chi connectivity index (χ0n) is 10.0. The van der Waals surface area contributed by atoms with Crippen molar-refractivity contribution < 1.29 is 29.0 Å². The normalized spacial score (nSPS) is 10.8. The molecule has 0 atom stereocenters. The van der Waals surface area contributed by atoms with Gasteiger partial charge in [-0.05, 0) is 0 Å². The third-order valence-corrected chi connectivity index (χ3v) is 1.65. The minimum Gasteiger partial charge on any atom is -0.426 e. The Kier molecular flexibility index (Phi) is 13.7. The molecule has 4 N–H and O–H groups in total. The number of hydrogen-bond acceptors (Lipinski definition) is 7. The molecular weight excluding hydrogens is 229 g/mol. The van der Waals surface area contributed by atoms with Crippen molar-refractivity contribution in [2.45, 2.75) is 0 Å². The lowest BCUT2D eigenvalue weighted by Crippen LogP contribution is -2.21. The summed E-state index contributed by atoms with van der Waals surface area (Å²) in [6.07, 6.45) is 0. The molecule has 0 aliphatic heterocycles. The van der Waals surface area contributed by atoms with E-state index in [1.165, 1.54) is 0 Å². The van der Waals surface area contributed by atoms with Crippen LogP contribution in [0.15, 0.2) is 0 Å². The Bertz CT molecular complexity index is 151. The van der Waals surface area contributed by atoms with Crippen LogP contribution in [0.2, 0.25) is 0 Å². The summed E-state index contributed by atoms with van der Waals surface area (Å²) < 4.78 is 20.4. The molecule has 0 amide bonds. The third kappa shape index (κ3) is 15.8. The van der Waals surface area contributed by atoms with Crippen LogP contribution in [0.3, 0.4) is 0 Å².